The summed E-state index contributed by atoms with van der Waals surface area (Å²) in [6.07, 6.45) is 3.76. The maximum Gasteiger partial charge on any atom is 0.338 e. The highest BCUT2D eigenvalue weighted by molar-refractivity contribution is 5.97. The van der Waals surface area contributed by atoms with E-state index >= 15 is 0 Å². The second kappa shape index (κ2) is 8.45. The van der Waals surface area contributed by atoms with Crippen LogP contribution in [-0.4, -0.2) is 23.0 Å². The van der Waals surface area contributed by atoms with Crippen molar-refractivity contribution < 1.29 is 9.53 Å². The third kappa shape index (κ3) is 4.14. The molecule has 0 bridgehead atoms. The van der Waals surface area contributed by atoms with E-state index in [9.17, 15) is 9.59 Å². The highest BCUT2D eigenvalue weighted by Crippen LogP contribution is 2.25. The van der Waals surface area contributed by atoms with E-state index in [0.29, 0.717) is 17.5 Å². The number of ether oxygens (including phenoxy) is 1. The van der Waals surface area contributed by atoms with Crippen LogP contribution >= 0.6 is 0 Å². The molecule has 0 aliphatic heterocycles. The zero-order chi connectivity index (χ0) is 19.2. The number of aromatic nitrogens is 2. The van der Waals surface area contributed by atoms with Crippen molar-refractivity contribution in [3.63, 3.8) is 0 Å². The lowest BCUT2D eigenvalue weighted by Gasteiger charge is -2.10. The first-order valence-electron chi connectivity index (χ1n) is 8.96. The van der Waals surface area contributed by atoms with Crippen LogP contribution in [0.1, 0.15) is 40.5 Å². The highest BCUT2D eigenvalue weighted by Gasteiger charge is 2.13. The Bertz CT molecular complexity index is 991. The van der Waals surface area contributed by atoms with Crippen LogP contribution in [0.4, 0.5) is 0 Å². The molecule has 27 heavy (non-hydrogen) atoms. The van der Waals surface area contributed by atoms with Gasteiger partial charge in [0.1, 0.15) is 0 Å². The summed E-state index contributed by atoms with van der Waals surface area (Å²) in [7, 11) is 1.38. The molecule has 3 rings (SSSR count). The average molecular weight is 362 g/mol. The molecular weight excluding hydrogens is 340 g/mol. The third-order valence-corrected chi connectivity index (χ3v) is 4.52. The third-order valence-electron chi connectivity index (χ3n) is 4.52. The second-order valence-corrected chi connectivity index (χ2v) is 6.33. The molecule has 1 heterocycles. The summed E-state index contributed by atoms with van der Waals surface area (Å²) in [6.45, 7) is 2.08. The first-order valence-corrected chi connectivity index (χ1v) is 8.96. The van der Waals surface area contributed by atoms with Gasteiger partial charge in [-0.2, -0.15) is 4.98 Å². The van der Waals surface area contributed by atoms with Crippen LogP contribution in [0.25, 0.3) is 11.1 Å². The maximum atomic E-state index is 12.2. The van der Waals surface area contributed by atoms with Gasteiger partial charge in [-0.05, 0) is 29.2 Å². The van der Waals surface area contributed by atoms with Gasteiger partial charge in [0.2, 0.25) is 0 Å². The molecule has 0 radical (unpaired) electrons. The zero-order valence-electron chi connectivity index (χ0n) is 15.5. The monoisotopic (exact) mass is 362 g/mol. The van der Waals surface area contributed by atoms with E-state index in [1.54, 1.807) is 6.07 Å². The van der Waals surface area contributed by atoms with Crippen molar-refractivity contribution in [3.8, 4) is 11.1 Å². The number of rotatable bonds is 6. The summed E-state index contributed by atoms with van der Waals surface area (Å²) in [4.78, 5) is 31.1. The number of nitrogens with zero attached hydrogens (tertiary/aromatic N) is 1. The van der Waals surface area contributed by atoms with Crippen molar-refractivity contribution in [3.05, 3.63) is 87.6 Å². The fraction of sp³-hybridized carbons (Fsp3) is 0.227. The van der Waals surface area contributed by atoms with Gasteiger partial charge < -0.3 is 9.72 Å². The number of nitrogens with one attached hydrogen (secondary N) is 1. The summed E-state index contributed by atoms with van der Waals surface area (Å²) in [5.74, 6) is -0.360. The number of hydrogen-bond donors (Lipinski definition) is 1. The minimum absolute atomic E-state index is 0.183. The summed E-state index contributed by atoms with van der Waals surface area (Å²) in [5.41, 5.74) is 4.76. The molecule has 0 saturated heterocycles. The molecule has 5 heteroatoms. The molecule has 0 spiro atoms. The molecule has 1 N–H and O–H groups in total. The van der Waals surface area contributed by atoms with Crippen LogP contribution in [0.5, 0.6) is 0 Å². The molecule has 0 amide bonds. The molecule has 5 nitrogen and oxygen atoms in total. The van der Waals surface area contributed by atoms with Gasteiger partial charge in [0.25, 0.3) is 5.56 Å². The molecular formula is C22H22N2O3. The smallest absolute Gasteiger partial charge is 0.338 e. The van der Waals surface area contributed by atoms with E-state index < -0.39 is 0 Å². The first kappa shape index (κ1) is 18.6. The van der Waals surface area contributed by atoms with E-state index in [1.807, 2.05) is 42.5 Å². The maximum absolute atomic E-state index is 12.2. The number of carbonyl (C=O) groups excluding carboxylic acids is 1. The average Bonchev–Trinajstić information content (AvgIpc) is 2.71. The molecule has 0 aliphatic rings. The Morgan fingerprint density at radius 3 is 2.56 bits per heavy atom. The van der Waals surface area contributed by atoms with Crippen molar-refractivity contribution in [1.82, 2.24) is 9.97 Å². The minimum atomic E-state index is -0.360. The van der Waals surface area contributed by atoms with Gasteiger partial charge in [0, 0.05) is 17.7 Å². The Labute approximate surface area is 158 Å². The summed E-state index contributed by atoms with van der Waals surface area (Å²) in [6, 6.07) is 15.2. The molecule has 3 aromatic rings. The number of aromatic amines is 1. The van der Waals surface area contributed by atoms with Crippen molar-refractivity contribution in [1.29, 1.82) is 0 Å². The summed E-state index contributed by atoms with van der Waals surface area (Å²) >= 11 is 0. The number of aryl methyl sites for hydroxylation is 1. The van der Waals surface area contributed by atoms with Gasteiger partial charge in [-0.15, -0.1) is 0 Å². The highest BCUT2D eigenvalue weighted by atomic mass is 16.5. The predicted octanol–water partition coefficient (Wildman–Crippen LogP) is 3.77. The van der Waals surface area contributed by atoms with E-state index in [2.05, 4.69) is 16.9 Å². The van der Waals surface area contributed by atoms with Gasteiger partial charge in [-0.1, -0.05) is 55.8 Å². The number of esters is 1. The lowest BCUT2D eigenvalue weighted by atomic mass is 9.96. The van der Waals surface area contributed by atoms with Crippen molar-refractivity contribution >= 4 is 5.97 Å². The quantitative estimate of drug-likeness (QED) is 0.678. The van der Waals surface area contributed by atoms with Crippen LogP contribution in [0.2, 0.25) is 0 Å². The molecule has 138 valence electrons. The number of H-pyrrole nitrogens is 1. The molecule has 0 unspecified atom stereocenters. The molecule has 0 atom stereocenters. The zero-order valence-corrected chi connectivity index (χ0v) is 15.5. The molecule has 0 saturated carbocycles. The van der Waals surface area contributed by atoms with Crippen LogP contribution in [0, 0.1) is 0 Å². The van der Waals surface area contributed by atoms with E-state index in [4.69, 9.17) is 4.74 Å². The Morgan fingerprint density at radius 1 is 1.11 bits per heavy atom. The number of hydrogen-bond acceptors (Lipinski definition) is 4. The largest absolute Gasteiger partial charge is 0.465 e. The normalized spacial score (nSPS) is 10.6. The SMILES string of the molecule is CCCc1[nH]cnc(=O)c1Cc1ccc(-c2ccccc2C(=O)OC)cc1. The predicted molar refractivity (Wildman–Crippen MR) is 105 cm³/mol. The Hall–Kier alpha value is -3.21. The van der Waals surface area contributed by atoms with Gasteiger partial charge >= 0.3 is 5.97 Å². The van der Waals surface area contributed by atoms with E-state index in [1.165, 1.54) is 13.4 Å². The lowest BCUT2D eigenvalue weighted by Crippen LogP contribution is -2.17. The van der Waals surface area contributed by atoms with Crippen molar-refractivity contribution in [2.24, 2.45) is 0 Å². The molecule has 0 aliphatic carbocycles. The van der Waals surface area contributed by atoms with E-state index in [-0.39, 0.29) is 11.5 Å². The standard InChI is InChI=1S/C22H22N2O3/c1-3-6-20-19(21(25)24-14-23-20)13-15-9-11-16(12-10-15)17-7-4-5-8-18(17)22(26)27-2/h4-5,7-12,14H,3,6,13H2,1-2H3,(H,23,24,25). The Kier molecular flexibility index (Phi) is 5.81. The fourth-order valence-electron chi connectivity index (χ4n) is 3.15. The number of benzene rings is 2. The van der Waals surface area contributed by atoms with E-state index in [0.717, 1.165) is 35.2 Å². The fourth-order valence-corrected chi connectivity index (χ4v) is 3.15. The molecule has 2 aromatic carbocycles. The van der Waals surface area contributed by atoms with Gasteiger partial charge in [0.05, 0.1) is 19.0 Å². The van der Waals surface area contributed by atoms with Crippen LogP contribution in [-0.2, 0) is 17.6 Å². The molecule has 1 aromatic heterocycles. The van der Waals surface area contributed by atoms with Gasteiger partial charge in [-0.3, -0.25) is 4.79 Å². The van der Waals surface area contributed by atoms with Gasteiger partial charge in [-0.25, -0.2) is 4.79 Å². The first-order chi connectivity index (χ1) is 13.1. The van der Waals surface area contributed by atoms with Crippen LogP contribution in [0.15, 0.2) is 59.7 Å². The summed E-state index contributed by atoms with van der Waals surface area (Å²) in [5, 5.41) is 0. The van der Waals surface area contributed by atoms with Crippen molar-refractivity contribution in [2.45, 2.75) is 26.2 Å². The van der Waals surface area contributed by atoms with Crippen LogP contribution < -0.4 is 5.56 Å². The number of carbonyl (C=O) groups is 1. The topological polar surface area (TPSA) is 72.0 Å². The summed E-state index contributed by atoms with van der Waals surface area (Å²) < 4.78 is 4.87. The Balaban J connectivity index is 1.90. The second-order valence-electron chi connectivity index (χ2n) is 6.33. The molecule has 0 fully saturated rings. The Morgan fingerprint density at radius 2 is 1.85 bits per heavy atom. The van der Waals surface area contributed by atoms with Gasteiger partial charge in [0.15, 0.2) is 0 Å². The van der Waals surface area contributed by atoms with Crippen LogP contribution in [0.3, 0.4) is 0 Å². The minimum Gasteiger partial charge on any atom is -0.465 e. The van der Waals surface area contributed by atoms with Crippen molar-refractivity contribution in [2.75, 3.05) is 7.11 Å². The number of methoxy groups -OCH3 is 1. The lowest BCUT2D eigenvalue weighted by molar-refractivity contribution is 0.0601.